The standard InChI is InChI=1S/C16H26N2O/c1-4-19-16-8-6-5-7-14(16)12-17-11-13(2)18(3)15-9-10-15/h5-8,13,15,17H,4,9-12H2,1-3H3. The Morgan fingerprint density at radius 3 is 2.79 bits per heavy atom. The number of ether oxygens (including phenoxy) is 1. The van der Waals surface area contributed by atoms with Crippen molar-refractivity contribution >= 4 is 0 Å². The molecule has 1 fully saturated rings. The highest BCUT2D eigenvalue weighted by Gasteiger charge is 2.28. The largest absolute Gasteiger partial charge is 0.494 e. The van der Waals surface area contributed by atoms with E-state index >= 15 is 0 Å². The van der Waals surface area contributed by atoms with Crippen LogP contribution < -0.4 is 10.1 Å². The quantitative estimate of drug-likeness (QED) is 0.779. The first kappa shape index (κ1) is 14.4. The lowest BCUT2D eigenvalue weighted by Crippen LogP contribution is -2.38. The van der Waals surface area contributed by atoms with Crippen molar-refractivity contribution in [1.82, 2.24) is 10.2 Å². The van der Waals surface area contributed by atoms with Gasteiger partial charge in [0.15, 0.2) is 0 Å². The molecule has 0 heterocycles. The average molecular weight is 262 g/mol. The van der Waals surface area contributed by atoms with Crippen molar-refractivity contribution in [2.75, 3.05) is 20.2 Å². The van der Waals surface area contributed by atoms with Crippen molar-refractivity contribution in [3.63, 3.8) is 0 Å². The molecule has 0 aromatic heterocycles. The summed E-state index contributed by atoms with van der Waals surface area (Å²) < 4.78 is 5.64. The highest BCUT2D eigenvalue weighted by molar-refractivity contribution is 5.33. The lowest BCUT2D eigenvalue weighted by molar-refractivity contribution is 0.240. The Balaban J connectivity index is 1.78. The maximum Gasteiger partial charge on any atom is 0.123 e. The molecule has 0 bridgehead atoms. The minimum Gasteiger partial charge on any atom is -0.494 e. The molecule has 1 N–H and O–H groups in total. The van der Waals surface area contributed by atoms with Crippen molar-refractivity contribution in [3.8, 4) is 5.75 Å². The predicted molar refractivity (Wildman–Crippen MR) is 79.6 cm³/mol. The van der Waals surface area contributed by atoms with Gasteiger partial charge in [-0.1, -0.05) is 18.2 Å². The van der Waals surface area contributed by atoms with Gasteiger partial charge in [-0.15, -0.1) is 0 Å². The van der Waals surface area contributed by atoms with Gasteiger partial charge < -0.3 is 10.1 Å². The topological polar surface area (TPSA) is 24.5 Å². The minimum absolute atomic E-state index is 0.590. The summed E-state index contributed by atoms with van der Waals surface area (Å²) in [4.78, 5) is 2.49. The molecule has 0 radical (unpaired) electrons. The number of para-hydroxylation sites is 1. The van der Waals surface area contributed by atoms with Crippen molar-refractivity contribution < 1.29 is 4.74 Å². The number of rotatable bonds is 8. The Hall–Kier alpha value is -1.06. The summed E-state index contributed by atoms with van der Waals surface area (Å²) in [7, 11) is 2.23. The summed E-state index contributed by atoms with van der Waals surface area (Å²) in [5, 5.41) is 3.54. The summed E-state index contributed by atoms with van der Waals surface area (Å²) in [5.74, 6) is 1.00. The first-order chi connectivity index (χ1) is 9.22. The fourth-order valence-electron chi connectivity index (χ4n) is 2.35. The van der Waals surface area contributed by atoms with E-state index in [1.807, 2.05) is 19.1 Å². The summed E-state index contributed by atoms with van der Waals surface area (Å²) in [6, 6.07) is 9.68. The van der Waals surface area contributed by atoms with Crippen LogP contribution in [0.25, 0.3) is 0 Å². The molecule has 1 aliphatic rings. The molecule has 1 atom stereocenters. The lowest BCUT2D eigenvalue weighted by Gasteiger charge is -2.24. The van der Waals surface area contributed by atoms with Crippen LogP contribution in [-0.2, 0) is 6.54 Å². The van der Waals surface area contributed by atoms with E-state index in [9.17, 15) is 0 Å². The van der Waals surface area contributed by atoms with E-state index in [1.165, 1.54) is 18.4 Å². The van der Waals surface area contributed by atoms with Crippen LogP contribution in [0.3, 0.4) is 0 Å². The summed E-state index contributed by atoms with van der Waals surface area (Å²) in [6.45, 7) is 6.93. The third-order valence-electron chi connectivity index (χ3n) is 3.85. The van der Waals surface area contributed by atoms with Crippen molar-refractivity contribution in [3.05, 3.63) is 29.8 Å². The molecule has 3 nitrogen and oxygen atoms in total. The van der Waals surface area contributed by atoms with E-state index in [0.29, 0.717) is 6.04 Å². The van der Waals surface area contributed by atoms with Gasteiger partial charge in [-0.2, -0.15) is 0 Å². The Bertz CT molecular complexity index is 390. The number of nitrogens with zero attached hydrogens (tertiary/aromatic N) is 1. The van der Waals surface area contributed by atoms with E-state index in [4.69, 9.17) is 4.74 Å². The SMILES string of the molecule is CCOc1ccccc1CNCC(C)N(C)C1CC1. The normalized spacial score (nSPS) is 16.6. The molecule has 3 heteroatoms. The van der Waals surface area contributed by atoms with Gasteiger partial charge in [-0.3, -0.25) is 4.90 Å². The Morgan fingerprint density at radius 2 is 2.11 bits per heavy atom. The molecule has 2 rings (SSSR count). The van der Waals surface area contributed by atoms with Gasteiger partial charge in [-0.25, -0.2) is 0 Å². The lowest BCUT2D eigenvalue weighted by atomic mass is 10.2. The van der Waals surface area contributed by atoms with Crippen LogP contribution in [0.2, 0.25) is 0 Å². The number of likely N-dealkylation sites (N-methyl/N-ethyl adjacent to an activating group) is 1. The number of hydrogen-bond donors (Lipinski definition) is 1. The summed E-state index contributed by atoms with van der Waals surface area (Å²) >= 11 is 0. The second-order valence-electron chi connectivity index (χ2n) is 5.42. The predicted octanol–water partition coefficient (Wildman–Crippen LogP) is 2.66. The molecule has 19 heavy (non-hydrogen) atoms. The molecule has 1 saturated carbocycles. The highest BCUT2D eigenvalue weighted by Crippen LogP contribution is 2.26. The van der Waals surface area contributed by atoms with Crippen molar-refractivity contribution in [2.24, 2.45) is 0 Å². The summed E-state index contributed by atoms with van der Waals surface area (Å²) in [6.07, 6.45) is 2.74. The van der Waals surface area contributed by atoms with Crippen LogP contribution in [-0.4, -0.2) is 37.2 Å². The van der Waals surface area contributed by atoms with Gasteiger partial charge in [-0.05, 0) is 39.8 Å². The van der Waals surface area contributed by atoms with Gasteiger partial charge in [0.05, 0.1) is 6.61 Å². The first-order valence-corrected chi connectivity index (χ1v) is 7.35. The molecule has 0 spiro atoms. The fourth-order valence-corrected chi connectivity index (χ4v) is 2.35. The maximum absolute atomic E-state index is 5.64. The maximum atomic E-state index is 5.64. The van der Waals surface area contributed by atoms with Crippen LogP contribution >= 0.6 is 0 Å². The molecule has 1 aromatic carbocycles. The van der Waals surface area contributed by atoms with E-state index < -0.39 is 0 Å². The molecule has 0 aliphatic heterocycles. The molecular formula is C16H26N2O. The van der Waals surface area contributed by atoms with Crippen LogP contribution in [0.4, 0.5) is 0 Å². The molecule has 0 saturated heterocycles. The minimum atomic E-state index is 0.590. The molecule has 1 aliphatic carbocycles. The van der Waals surface area contributed by atoms with Crippen molar-refractivity contribution in [1.29, 1.82) is 0 Å². The third-order valence-corrected chi connectivity index (χ3v) is 3.85. The van der Waals surface area contributed by atoms with Crippen LogP contribution in [0, 0.1) is 0 Å². The average Bonchev–Trinajstić information content (AvgIpc) is 3.24. The molecule has 1 aromatic rings. The highest BCUT2D eigenvalue weighted by atomic mass is 16.5. The fraction of sp³-hybridized carbons (Fsp3) is 0.625. The van der Waals surface area contributed by atoms with Crippen LogP contribution in [0.5, 0.6) is 5.75 Å². The van der Waals surface area contributed by atoms with E-state index in [2.05, 4.69) is 36.3 Å². The third kappa shape index (κ3) is 4.22. The van der Waals surface area contributed by atoms with Gasteiger partial charge >= 0.3 is 0 Å². The molecule has 0 amide bonds. The second kappa shape index (κ2) is 6.92. The van der Waals surface area contributed by atoms with E-state index in [-0.39, 0.29) is 0 Å². The van der Waals surface area contributed by atoms with Gasteiger partial charge in [0.2, 0.25) is 0 Å². The van der Waals surface area contributed by atoms with Crippen LogP contribution in [0.15, 0.2) is 24.3 Å². The van der Waals surface area contributed by atoms with E-state index in [0.717, 1.165) is 31.5 Å². The van der Waals surface area contributed by atoms with Gasteiger partial charge in [0, 0.05) is 30.7 Å². The monoisotopic (exact) mass is 262 g/mol. The van der Waals surface area contributed by atoms with E-state index in [1.54, 1.807) is 0 Å². The van der Waals surface area contributed by atoms with Crippen LogP contribution in [0.1, 0.15) is 32.3 Å². The Morgan fingerprint density at radius 1 is 1.37 bits per heavy atom. The molecule has 1 unspecified atom stereocenters. The zero-order valence-corrected chi connectivity index (χ0v) is 12.4. The number of nitrogens with one attached hydrogen (secondary N) is 1. The van der Waals surface area contributed by atoms with Crippen molar-refractivity contribution in [2.45, 2.75) is 45.3 Å². The zero-order chi connectivity index (χ0) is 13.7. The Labute approximate surface area is 116 Å². The van der Waals surface area contributed by atoms with Gasteiger partial charge in [0.1, 0.15) is 5.75 Å². The zero-order valence-electron chi connectivity index (χ0n) is 12.4. The summed E-state index contributed by atoms with van der Waals surface area (Å²) in [5.41, 5.74) is 1.24. The first-order valence-electron chi connectivity index (χ1n) is 7.35. The molecular weight excluding hydrogens is 236 g/mol. The Kier molecular flexibility index (Phi) is 5.23. The number of benzene rings is 1. The smallest absolute Gasteiger partial charge is 0.123 e. The second-order valence-corrected chi connectivity index (χ2v) is 5.42. The van der Waals surface area contributed by atoms with Gasteiger partial charge in [0.25, 0.3) is 0 Å². The molecule has 106 valence electrons. The number of hydrogen-bond acceptors (Lipinski definition) is 3.